The van der Waals surface area contributed by atoms with Crippen molar-refractivity contribution in [2.75, 3.05) is 0 Å². The van der Waals surface area contributed by atoms with E-state index in [2.05, 4.69) is 4.98 Å². The number of aromatic nitrogens is 1. The first kappa shape index (κ1) is 9.16. The highest BCUT2D eigenvalue weighted by Crippen LogP contribution is 2.26. The smallest absolute Gasteiger partial charge is 0.0928 e. The van der Waals surface area contributed by atoms with Crippen LogP contribution in [-0.2, 0) is 6.42 Å². The highest BCUT2D eigenvalue weighted by Gasteiger charge is 2.22. The van der Waals surface area contributed by atoms with Gasteiger partial charge in [-0.1, -0.05) is 12.8 Å². The minimum atomic E-state index is 0.414. The van der Waals surface area contributed by atoms with Crippen LogP contribution in [0.1, 0.15) is 30.7 Å². The zero-order valence-corrected chi connectivity index (χ0v) is 8.59. The van der Waals surface area contributed by atoms with Gasteiger partial charge in [-0.05, 0) is 18.8 Å². The van der Waals surface area contributed by atoms with Gasteiger partial charge in [0.25, 0.3) is 0 Å². The lowest BCUT2D eigenvalue weighted by Gasteiger charge is -2.27. The Hall–Kier alpha value is -0.410. The fraction of sp³-hybridized carbons (Fsp3) is 0.700. The van der Waals surface area contributed by atoms with Crippen LogP contribution in [0.15, 0.2) is 11.6 Å². The van der Waals surface area contributed by atoms with E-state index in [-0.39, 0.29) is 0 Å². The highest BCUT2D eigenvalue weighted by molar-refractivity contribution is 7.09. The summed E-state index contributed by atoms with van der Waals surface area (Å²) in [6.45, 7) is 0. The van der Waals surface area contributed by atoms with E-state index in [4.69, 9.17) is 5.73 Å². The van der Waals surface area contributed by atoms with E-state index in [0.29, 0.717) is 12.0 Å². The van der Waals surface area contributed by atoms with Crippen molar-refractivity contribution in [1.29, 1.82) is 0 Å². The number of rotatable bonds is 2. The fourth-order valence-electron chi connectivity index (χ4n) is 2.07. The number of hydrogen-bond donors (Lipinski definition) is 1. The molecule has 2 N–H and O–H groups in total. The topological polar surface area (TPSA) is 38.9 Å². The maximum Gasteiger partial charge on any atom is 0.0928 e. The Morgan fingerprint density at radius 1 is 1.46 bits per heavy atom. The normalized spacial score (nSPS) is 29.0. The average Bonchev–Trinajstić information content (AvgIpc) is 2.61. The number of hydrogen-bond acceptors (Lipinski definition) is 3. The van der Waals surface area contributed by atoms with Crippen molar-refractivity contribution >= 4 is 11.3 Å². The van der Waals surface area contributed by atoms with Crippen molar-refractivity contribution in [3.63, 3.8) is 0 Å². The molecule has 2 rings (SSSR count). The number of nitrogens with zero attached hydrogens (tertiary/aromatic N) is 1. The largest absolute Gasteiger partial charge is 0.327 e. The molecule has 13 heavy (non-hydrogen) atoms. The van der Waals surface area contributed by atoms with Crippen molar-refractivity contribution in [3.8, 4) is 0 Å². The van der Waals surface area contributed by atoms with E-state index in [1.807, 2.05) is 11.6 Å². The minimum absolute atomic E-state index is 0.414. The Balaban J connectivity index is 1.93. The Morgan fingerprint density at radius 3 is 3.00 bits per heavy atom. The van der Waals surface area contributed by atoms with Crippen molar-refractivity contribution in [1.82, 2.24) is 4.98 Å². The Morgan fingerprint density at radius 2 is 2.31 bits per heavy atom. The van der Waals surface area contributed by atoms with Crippen LogP contribution >= 0.6 is 11.3 Å². The minimum Gasteiger partial charge on any atom is -0.327 e. The van der Waals surface area contributed by atoms with Crippen LogP contribution in [0.4, 0.5) is 0 Å². The van der Waals surface area contributed by atoms with Gasteiger partial charge in [-0.25, -0.2) is 4.98 Å². The van der Waals surface area contributed by atoms with Gasteiger partial charge in [0.1, 0.15) is 0 Å². The second kappa shape index (κ2) is 4.20. The molecule has 1 aromatic rings. The zero-order chi connectivity index (χ0) is 9.10. The highest BCUT2D eigenvalue weighted by atomic mass is 32.1. The van der Waals surface area contributed by atoms with Crippen LogP contribution in [0.25, 0.3) is 0 Å². The molecule has 1 aliphatic carbocycles. The molecule has 1 aliphatic rings. The quantitative estimate of drug-likeness (QED) is 0.787. The van der Waals surface area contributed by atoms with Gasteiger partial charge in [-0.15, -0.1) is 11.3 Å². The van der Waals surface area contributed by atoms with Crippen LogP contribution in [0.2, 0.25) is 0 Å². The van der Waals surface area contributed by atoms with E-state index in [1.54, 1.807) is 11.3 Å². The summed E-state index contributed by atoms with van der Waals surface area (Å²) in [6, 6.07) is 0.414. The van der Waals surface area contributed by atoms with Crippen LogP contribution in [0.5, 0.6) is 0 Å². The van der Waals surface area contributed by atoms with Gasteiger partial charge in [0.05, 0.1) is 5.01 Å². The second-order valence-electron chi connectivity index (χ2n) is 3.84. The van der Waals surface area contributed by atoms with Gasteiger partial charge in [0, 0.05) is 24.0 Å². The molecule has 0 aromatic carbocycles. The molecule has 2 atom stereocenters. The summed E-state index contributed by atoms with van der Waals surface area (Å²) in [5.41, 5.74) is 6.07. The predicted molar refractivity (Wildman–Crippen MR) is 55.8 cm³/mol. The molecule has 1 heterocycles. The van der Waals surface area contributed by atoms with Crippen LogP contribution in [0.3, 0.4) is 0 Å². The first-order valence-corrected chi connectivity index (χ1v) is 5.88. The SMILES string of the molecule is NC1CCCCC1Cc1nccs1. The molecule has 72 valence electrons. The maximum absolute atomic E-state index is 6.07. The third-order valence-electron chi connectivity index (χ3n) is 2.89. The fourth-order valence-corrected chi connectivity index (χ4v) is 2.78. The van der Waals surface area contributed by atoms with E-state index < -0.39 is 0 Å². The van der Waals surface area contributed by atoms with Crippen LogP contribution in [0, 0.1) is 5.92 Å². The molecule has 0 saturated heterocycles. The van der Waals surface area contributed by atoms with Crippen molar-refractivity contribution < 1.29 is 0 Å². The summed E-state index contributed by atoms with van der Waals surface area (Å²) in [5.74, 6) is 0.680. The molecule has 0 spiro atoms. The summed E-state index contributed by atoms with van der Waals surface area (Å²) in [6.07, 6.45) is 8.14. The molecular weight excluding hydrogens is 180 g/mol. The van der Waals surface area contributed by atoms with Gasteiger partial charge >= 0.3 is 0 Å². The standard InChI is InChI=1S/C10H16N2S/c11-9-4-2-1-3-8(9)7-10-12-5-6-13-10/h5-6,8-9H,1-4,7,11H2. The number of thiazole rings is 1. The predicted octanol–water partition coefficient (Wildman–Crippen LogP) is 2.20. The maximum atomic E-state index is 6.07. The van der Waals surface area contributed by atoms with Gasteiger partial charge in [-0.3, -0.25) is 0 Å². The molecule has 0 aliphatic heterocycles. The summed E-state index contributed by atoms with van der Waals surface area (Å²) >= 11 is 1.75. The monoisotopic (exact) mass is 196 g/mol. The van der Waals surface area contributed by atoms with E-state index >= 15 is 0 Å². The van der Waals surface area contributed by atoms with E-state index in [1.165, 1.54) is 30.7 Å². The van der Waals surface area contributed by atoms with E-state index in [9.17, 15) is 0 Å². The van der Waals surface area contributed by atoms with Gasteiger partial charge < -0.3 is 5.73 Å². The molecule has 2 nitrogen and oxygen atoms in total. The van der Waals surface area contributed by atoms with Crippen LogP contribution < -0.4 is 5.73 Å². The molecule has 0 amide bonds. The van der Waals surface area contributed by atoms with Crippen molar-refractivity contribution in [3.05, 3.63) is 16.6 Å². The first-order chi connectivity index (χ1) is 6.36. The lowest BCUT2D eigenvalue weighted by Crippen LogP contribution is -2.34. The third-order valence-corrected chi connectivity index (χ3v) is 3.69. The first-order valence-electron chi connectivity index (χ1n) is 5.00. The summed E-state index contributed by atoms with van der Waals surface area (Å²) in [5, 5.41) is 3.30. The van der Waals surface area contributed by atoms with E-state index in [0.717, 1.165) is 6.42 Å². The molecule has 0 bridgehead atoms. The van der Waals surface area contributed by atoms with Crippen molar-refractivity contribution in [2.45, 2.75) is 38.1 Å². The summed E-state index contributed by atoms with van der Waals surface area (Å²) < 4.78 is 0. The molecule has 0 radical (unpaired) electrons. The molecule has 1 aromatic heterocycles. The molecule has 2 unspecified atom stereocenters. The molecule has 1 saturated carbocycles. The van der Waals surface area contributed by atoms with Crippen LogP contribution in [-0.4, -0.2) is 11.0 Å². The van der Waals surface area contributed by atoms with Gasteiger partial charge in [0.15, 0.2) is 0 Å². The summed E-state index contributed by atoms with van der Waals surface area (Å²) in [7, 11) is 0. The zero-order valence-electron chi connectivity index (χ0n) is 7.78. The van der Waals surface area contributed by atoms with Crippen molar-refractivity contribution in [2.24, 2.45) is 11.7 Å². The summed E-state index contributed by atoms with van der Waals surface area (Å²) in [4.78, 5) is 4.31. The Labute approximate surface area is 83.2 Å². The number of nitrogens with two attached hydrogens (primary N) is 1. The Kier molecular flexibility index (Phi) is 2.96. The molecular formula is C10H16N2S. The Bertz CT molecular complexity index is 245. The van der Waals surface area contributed by atoms with Gasteiger partial charge in [0.2, 0.25) is 0 Å². The molecule has 3 heteroatoms. The average molecular weight is 196 g/mol. The second-order valence-corrected chi connectivity index (χ2v) is 4.82. The third kappa shape index (κ3) is 2.29. The van der Waals surface area contributed by atoms with Gasteiger partial charge in [-0.2, -0.15) is 0 Å². The lowest BCUT2D eigenvalue weighted by molar-refractivity contribution is 0.306. The lowest BCUT2D eigenvalue weighted by atomic mass is 9.83. The molecule has 1 fully saturated rings.